The van der Waals surface area contributed by atoms with Gasteiger partial charge in [-0.2, -0.15) is 0 Å². The molecule has 122 valence electrons. The first-order chi connectivity index (χ1) is 11.9. The van der Waals surface area contributed by atoms with Crippen LogP contribution in [-0.4, -0.2) is 13.2 Å². The molecule has 0 saturated heterocycles. The van der Waals surface area contributed by atoms with Crippen molar-refractivity contribution in [1.82, 2.24) is 0 Å². The van der Waals surface area contributed by atoms with Crippen LogP contribution in [0.3, 0.4) is 0 Å². The van der Waals surface area contributed by atoms with Crippen LogP contribution in [0.1, 0.15) is 11.3 Å². The first-order valence-corrected chi connectivity index (χ1v) is 9.77. The molecular weight excluding hydrogens is 334 g/mol. The topological polar surface area (TPSA) is 35.2 Å². The van der Waals surface area contributed by atoms with Gasteiger partial charge in [-0.15, -0.1) is 11.3 Å². The number of thiophene rings is 1. The Balaban J connectivity index is 1.77. The van der Waals surface area contributed by atoms with E-state index in [0.717, 1.165) is 13.0 Å². The van der Waals surface area contributed by atoms with Gasteiger partial charge in [-0.3, -0.25) is 0 Å². The molecule has 0 unspecified atom stereocenters. The number of nitrogens with two attached hydrogens (primary N) is 1. The Morgan fingerprint density at radius 1 is 0.875 bits per heavy atom. The average molecular weight is 354 g/mol. The fourth-order valence-corrected chi connectivity index (χ4v) is 5.22. The van der Waals surface area contributed by atoms with Gasteiger partial charge in [-0.05, 0) is 36.7 Å². The first kappa shape index (κ1) is 15.9. The highest BCUT2D eigenvalue weighted by Crippen LogP contribution is 2.50. The molecule has 1 aliphatic heterocycles. The van der Waals surface area contributed by atoms with Gasteiger partial charge in [-0.25, -0.2) is 0 Å². The molecule has 0 atom stereocenters. The van der Waals surface area contributed by atoms with Gasteiger partial charge in [0.25, 0.3) is 0 Å². The molecule has 4 heteroatoms. The van der Waals surface area contributed by atoms with Gasteiger partial charge in [0.15, 0.2) is 0 Å². The van der Waals surface area contributed by atoms with Crippen molar-refractivity contribution in [2.45, 2.75) is 22.8 Å². The average Bonchev–Trinajstić information content (AvgIpc) is 2.98. The zero-order valence-corrected chi connectivity index (χ0v) is 15.0. The van der Waals surface area contributed by atoms with Crippen molar-refractivity contribution < 1.29 is 4.74 Å². The van der Waals surface area contributed by atoms with Gasteiger partial charge in [0.1, 0.15) is 0 Å². The van der Waals surface area contributed by atoms with Crippen molar-refractivity contribution in [2.24, 2.45) is 5.73 Å². The van der Waals surface area contributed by atoms with E-state index < -0.39 is 0 Å². The van der Waals surface area contributed by atoms with Gasteiger partial charge in [0.05, 0.1) is 6.61 Å². The summed E-state index contributed by atoms with van der Waals surface area (Å²) in [7, 11) is 0. The van der Waals surface area contributed by atoms with E-state index in [1.54, 1.807) is 0 Å². The predicted octanol–water partition coefficient (Wildman–Crippen LogP) is 5.41. The Morgan fingerprint density at radius 2 is 1.58 bits per heavy atom. The quantitative estimate of drug-likeness (QED) is 0.487. The van der Waals surface area contributed by atoms with Gasteiger partial charge in [-0.1, -0.05) is 48.2 Å². The molecule has 0 saturated carbocycles. The smallest absolute Gasteiger partial charge is 0.0809 e. The lowest BCUT2D eigenvalue weighted by atomic mass is 10.0. The van der Waals surface area contributed by atoms with Crippen LogP contribution in [0.15, 0.2) is 64.4 Å². The Bertz CT molecular complexity index is 793. The van der Waals surface area contributed by atoms with Crippen molar-refractivity contribution in [2.75, 3.05) is 13.2 Å². The van der Waals surface area contributed by atoms with Crippen LogP contribution in [-0.2, 0) is 11.3 Å². The van der Waals surface area contributed by atoms with E-state index in [-0.39, 0.29) is 0 Å². The maximum atomic E-state index is 5.77. The summed E-state index contributed by atoms with van der Waals surface area (Å²) in [5.41, 5.74) is 9.50. The van der Waals surface area contributed by atoms with Crippen LogP contribution in [0.2, 0.25) is 0 Å². The molecule has 0 spiro atoms. The van der Waals surface area contributed by atoms with Crippen LogP contribution in [0.25, 0.3) is 21.6 Å². The fourth-order valence-electron chi connectivity index (χ4n) is 2.91. The van der Waals surface area contributed by atoms with Crippen molar-refractivity contribution in [1.29, 1.82) is 0 Å². The van der Waals surface area contributed by atoms with Gasteiger partial charge in [0.2, 0.25) is 0 Å². The number of benzene rings is 2. The van der Waals surface area contributed by atoms with Crippen molar-refractivity contribution in [3.63, 3.8) is 0 Å². The second-order valence-electron chi connectivity index (χ2n) is 5.74. The molecule has 0 aliphatic carbocycles. The fraction of sp³-hybridized carbons (Fsp3) is 0.200. The summed E-state index contributed by atoms with van der Waals surface area (Å²) in [6.45, 7) is 2.07. The summed E-state index contributed by atoms with van der Waals surface area (Å²) in [6, 6.07) is 19.6. The molecule has 2 aromatic carbocycles. The Hall–Kier alpha value is -1.59. The van der Waals surface area contributed by atoms with E-state index in [4.69, 9.17) is 10.5 Å². The van der Waals surface area contributed by atoms with E-state index in [9.17, 15) is 0 Å². The molecule has 2 N–H and O–H groups in total. The third kappa shape index (κ3) is 3.03. The molecule has 2 nitrogen and oxygen atoms in total. The third-order valence-corrected chi connectivity index (χ3v) is 6.34. The van der Waals surface area contributed by atoms with Crippen LogP contribution < -0.4 is 5.73 Å². The molecule has 0 amide bonds. The van der Waals surface area contributed by atoms with Crippen LogP contribution in [0, 0.1) is 0 Å². The first-order valence-electron chi connectivity index (χ1n) is 8.14. The van der Waals surface area contributed by atoms with Crippen molar-refractivity contribution >= 4 is 23.1 Å². The molecule has 3 aromatic rings. The zero-order valence-electron chi connectivity index (χ0n) is 13.3. The normalized spacial score (nSPS) is 12.2. The van der Waals surface area contributed by atoms with E-state index in [0.29, 0.717) is 13.2 Å². The standard InChI is InChI=1S/C20H19NOS2/c21-10-5-11-22-13-14-12-17-15-6-1-3-8-18(15)24-19-9-4-2-7-16(19)20(17)23-14/h1-4,6-9,12H,5,10-11,13,21H2. The van der Waals surface area contributed by atoms with E-state index in [2.05, 4.69) is 54.6 Å². The second-order valence-corrected chi connectivity index (χ2v) is 7.97. The molecule has 24 heavy (non-hydrogen) atoms. The summed E-state index contributed by atoms with van der Waals surface area (Å²) in [6.07, 6.45) is 0.910. The minimum atomic E-state index is 0.662. The molecule has 0 radical (unpaired) electrons. The highest BCUT2D eigenvalue weighted by atomic mass is 32.2. The van der Waals surface area contributed by atoms with Gasteiger partial charge >= 0.3 is 0 Å². The molecular formula is C20H19NOS2. The highest BCUT2D eigenvalue weighted by molar-refractivity contribution is 7.99. The number of hydrogen-bond acceptors (Lipinski definition) is 4. The van der Waals surface area contributed by atoms with Gasteiger partial charge < -0.3 is 10.5 Å². The summed E-state index contributed by atoms with van der Waals surface area (Å²) < 4.78 is 5.77. The summed E-state index contributed by atoms with van der Waals surface area (Å²) in [5.74, 6) is 0. The Kier molecular flexibility index (Phi) is 4.72. The predicted molar refractivity (Wildman–Crippen MR) is 103 cm³/mol. The van der Waals surface area contributed by atoms with E-state index in [1.165, 1.54) is 36.2 Å². The lowest BCUT2D eigenvalue weighted by Gasteiger charge is -2.05. The lowest BCUT2D eigenvalue weighted by molar-refractivity contribution is 0.122. The lowest BCUT2D eigenvalue weighted by Crippen LogP contribution is -2.03. The van der Waals surface area contributed by atoms with E-state index >= 15 is 0 Å². The number of ether oxygens (including phenoxy) is 1. The Morgan fingerprint density at radius 3 is 2.38 bits per heavy atom. The number of fused-ring (bicyclic) bond motifs is 5. The maximum Gasteiger partial charge on any atom is 0.0809 e. The van der Waals surface area contributed by atoms with Crippen molar-refractivity contribution in [3.05, 3.63) is 59.5 Å². The molecule has 2 heterocycles. The largest absolute Gasteiger partial charge is 0.376 e. The van der Waals surface area contributed by atoms with Crippen LogP contribution in [0.5, 0.6) is 0 Å². The van der Waals surface area contributed by atoms with Crippen LogP contribution >= 0.6 is 23.1 Å². The molecule has 1 aliphatic rings. The van der Waals surface area contributed by atoms with E-state index in [1.807, 2.05) is 23.1 Å². The number of hydrogen-bond donors (Lipinski definition) is 1. The Labute approximate surface area is 150 Å². The third-order valence-electron chi connectivity index (χ3n) is 4.05. The summed E-state index contributed by atoms with van der Waals surface area (Å²) >= 11 is 3.70. The van der Waals surface area contributed by atoms with Gasteiger partial charge in [0, 0.05) is 37.3 Å². The second kappa shape index (κ2) is 7.11. The summed E-state index contributed by atoms with van der Waals surface area (Å²) in [5, 5.41) is 0. The highest BCUT2D eigenvalue weighted by Gasteiger charge is 2.22. The molecule has 1 aromatic heterocycles. The van der Waals surface area contributed by atoms with Crippen LogP contribution in [0.4, 0.5) is 0 Å². The summed E-state index contributed by atoms with van der Waals surface area (Å²) in [4.78, 5) is 5.26. The monoisotopic (exact) mass is 353 g/mol. The zero-order chi connectivity index (χ0) is 16.4. The minimum absolute atomic E-state index is 0.662. The minimum Gasteiger partial charge on any atom is -0.376 e. The molecule has 0 fully saturated rings. The van der Waals surface area contributed by atoms with Crippen molar-refractivity contribution in [3.8, 4) is 21.6 Å². The molecule has 0 bridgehead atoms. The molecule has 4 rings (SSSR count). The number of rotatable bonds is 5. The SMILES string of the molecule is NCCCOCc1cc2c(s1)-c1ccccc1Sc1ccccc1-2. The maximum absolute atomic E-state index is 5.77.